The third-order valence-electron chi connectivity index (χ3n) is 3.57. The largest absolute Gasteiger partial charge is 0.352 e. The van der Waals surface area contributed by atoms with Crippen molar-refractivity contribution < 1.29 is 14.4 Å². The second kappa shape index (κ2) is 19.1. The van der Waals surface area contributed by atoms with E-state index in [4.69, 9.17) is 5.73 Å². The van der Waals surface area contributed by atoms with E-state index < -0.39 is 12.1 Å². The first-order chi connectivity index (χ1) is 12.7. The highest BCUT2D eigenvalue weighted by molar-refractivity contribution is 5.91. The van der Waals surface area contributed by atoms with Gasteiger partial charge in [0.05, 0.1) is 12.1 Å². The summed E-state index contributed by atoms with van der Waals surface area (Å²) in [4.78, 5) is 35.4. The Labute approximate surface area is 166 Å². The fraction of sp³-hybridized carbons (Fsp3) is 0.850. The molecule has 27 heavy (non-hydrogen) atoms. The van der Waals surface area contributed by atoms with E-state index in [1.807, 2.05) is 62.3 Å². The van der Waals surface area contributed by atoms with E-state index in [1.54, 1.807) is 0 Å². The van der Waals surface area contributed by atoms with Gasteiger partial charge in [-0.1, -0.05) is 62.3 Å². The third-order valence-corrected chi connectivity index (χ3v) is 3.57. The number of Topliss-reactive ketones (excluding diaryl/α,β-unsaturated/α-hetero) is 1. The molecule has 0 saturated carbocycles. The number of urea groups is 1. The lowest BCUT2D eigenvalue weighted by Crippen LogP contribution is -2.53. The number of ketones is 1. The van der Waals surface area contributed by atoms with E-state index in [0.717, 1.165) is 0 Å². The number of likely N-dealkylation sites (N-methyl/N-ethyl adjacent to an activating group) is 1. The molecular weight excluding hydrogens is 344 g/mol. The summed E-state index contributed by atoms with van der Waals surface area (Å²) < 4.78 is 0. The van der Waals surface area contributed by atoms with Gasteiger partial charge in [0, 0.05) is 12.5 Å². The van der Waals surface area contributed by atoms with Crippen LogP contribution in [0.1, 0.15) is 75.2 Å². The van der Waals surface area contributed by atoms with E-state index in [2.05, 4.69) is 16.0 Å². The van der Waals surface area contributed by atoms with Gasteiger partial charge < -0.3 is 21.7 Å². The second-order valence-corrected chi connectivity index (χ2v) is 6.33. The topological polar surface area (TPSA) is 113 Å². The molecule has 2 unspecified atom stereocenters. The number of primary amides is 1. The van der Waals surface area contributed by atoms with E-state index in [1.165, 1.54) is 0 Å². The zero-order valence-electron chi connectivity index (χ0n) is 18.9. The first kappa shape index (κ1) is 30.1. The summed E-state index contributed by atoms with van der Waals surface area (Å²) in [5, 5.41) is 8.48. The molecule has 0 heterocycles. The molecule has 0 saturated heterocycles. The third kappa shape index (κ3) is 15.2. The number of nitrogens with two attached hydrogens (primary N) is 1. The van der Waals surface area contributed by atoms with Crippen molar-refractivity contribution in [2.24, 2.45) is 17.6 Å². The maximum Gasteiger partial charge on any atom is 0.312 e. The van der Waals surface area contributed by atoms with Crippen LogP contribution in [0.5, 0.6) is 0 Å². The Bertz CT molecular complexity index is 399. The molecule has 0 rings (SSSR count). The Hall–Kier alpha value is -1.63. The van der Waals surface area contributed by atoms with Gasteiger partial charge in [0.2, 0.25) is 5.91 Å². The molecule has 2 atom stereocenters. The van der Waals surface area contributed by atoms with Crippen LogP contribution in [0.2, 0.25) is 0 Å². The Morgan fingerprint density at radius 1 is 0.963 bits per heavy atom. The molecule has 0 aliphatic heterocycles. The number of amides is 3. The average molecular weight is 389 g/mol. The summed E-state index contributed by atoms with van der Waals surface area (Å²) in [5.41, 5.74) is 5.01. The minimum atomic E-state index is -0.590. The minimum Gasteiger partial charge on any atom is -0.352 e. The summed E-state index contributed by atoms with van der Waals surface area (Å²) in [7, 11) is 0. The highest BCUT2D eigenvalue weighted by atomic mass is 16.2. The molecular formula is C20H44N4O3. The monoisotopic (exact) mass is 388 g/mol. The summed E-state index contributed by atoms with van der Waals surface area (Å²) in [6.45, 7) is 18.6. The molecule has 0 aromatic rings. The molecule has 3 amide bonds. The fourth-order valence-electron chi connectivity index (χ4n) is 2.32. The Morgan fingerprint density at radius 2 is 1.48 bits per heavy atom. The van der Waals surface area contributed by atoms with Crippen LogP contribution in [0.4, 0.5) is 4.79 Å². The number of carbonyl (C=O) groups is 3. The Morgan fingerprint density at radius 3 is 1.85 bits per heavy atom. The maximum absolute atomic E-state index is 12.4. The molecule has 0 aliphatic carbocycles. The van der Waals surface area contributed by atoms with Gasteiger partial charge in [0.25, 0.3) is 0 Å². The maximum atomic E-state index is 12.4. The van der Waals surface area contributed by atoms with E-state index in [9.17, 15) is 14.4 Å². The number of nitrogens with one attached hydrogen (secondary N) is 3. The van der Waals surface area contributed by atoms with E-state index >= 15 is 0 Å². The molecule has 0 spiro atoms. The lowest BCUT2D eigenvalue weighted by atomic mass is 9.96. The van der Waals surface area contributed by atoms with Gasteiger partial charge in [-0.3, -0.25) is 9.59 Å². The van der Waals surface area contributed by atoms with Gasteiger partial charge in [-0.15, -0.1) is 0 Å². The van der Waals surface area contributed by atoms with Crippen LogP contribution >= 0.6 is 0 Å². The fourth-order valence-corrected chi connectivity index (χ4v) is 2.32. The Balaban J connectivity index is -0.00000134. The lowest BCUT2D eigenvalue weighted by molar-refractivity contribution is -0.131. The number of hydrogen-bond acceptors (Lipinski definition) is 4. The van der Waals surface area contributed by atoms with Gasteiger partial charge >= 0.3 is 6.03 Å². The van der Waals surface area contributed by atoms with Crippen LogP contribution in [0, 0.1) is 11.8 Å². The van der Waals surface area contributed by atoms with Crippen LogP contribution in [-0.2, 0) is 9.59 Å². The van der Waals surface area contributed by atoms with Crippen LogP contribution in [0.15, 0.2) is 0 Å². The highest BCUT2D eigenvalue weighted by Crippen LogP contribution is 2.08. The number of rotatable bonds is 11. The molecule has 0 aromatic carbocycles. The quantitative estimate of drug-likeness (QED) is 0.408. The van der Waals surface area contributed by atoms with Crippen molar-refractivity contribution in [3.8, 4) is 0 Å². The first-order valence-corrected chi connectivity index (χ1v) is 10.3. The average Bonchev–Trinajstić information content (AvgIpc) is 2.64. The first-order valence-electron chi connectivity index (χ1n) is 10.3. The molecule has 5 N–H and O–H groups in total. The van der Waals surface area contributed by atoms with Crippen molar-refractivity contribution in [3.63, 3.8) is 0 Å². The summed E-state index contributed by atoms with van der Waals surface area (Å²) in [6.07, 6.45) is 1.04. The predicted octanol–water partition coefficient (Wildman–Crippen LogP) is 2.83. The Kier molecular flexibility index (Phi) is 21.3. The zero-order chi connectivity index (χ0) is 22.0. The number of hydrogen-bond donors (Lipinski definition) is 4. The van der Waals surface area contributed by atoms with Crippen molar-refractivity contribution in [2.45, 2.75) is 87.2 Å². The molecule has 162 valence electrons. The standard InChI is InChI=1S/C16H32N4O3.2C2H6/c1-6-18-13(10(2)3)15(22)20-12(14(21)11(4)5)8-7-9-19-16(17)23;2*1-2/h10-13,18H,6-9H2,1-5H3,(H,20,22)(H3,17,19,23);2*1-2H3. The van der Waals surface area contributed by atoms with Gasteiger partial charge in [-0.05, 0) is 25.3 Å². The van der Waals surface area contributed by atoms with Crippen LogP contribution in [0.3, 0.4) is 0 Å². The van der Waals surface area contributed by atoms with Crippen LogP contribution < -0.4 is 21.7 Å². The summed E-state index contributed by atoms with van der Waals surface area (Å²) >= 11 is 0. The molecule has 7 nitrogen and oxygen atoms in total. The molecule has 0 aliphatic rings. The SMILES string of the molecule is CC.CC.CCNC(C(=O)NC(CCCNC(N)=O)C(=O)C(C)C)C(C)C. The van der Waals surface area contributed by atoms with E-state index in [0.29, 0.717) is 25.9 Å². The van der Waals surface area contributed by atoms with Gasteiger partial charge in [0.1, 0.15) is 0 Å². The molecule has 0 aromatic heterocycles. The van der Waals surface area contributed by atoms with Crippen molar-refractivity contribution in [3.05, 3.63) is 0 Å². The molecule has 7 heteroatoms. The van der Waals surface area contributed by atoms with Gasteiger partial charge in [-0.2, -0.15) is 0 Å². The van der Waals surface area contributed by atoms with Crippen molar-refractivity contribution >= 4 is 17.7 Å². The predicted molar refractivity (Wildman–Crippen MR) is 114 cm³/mol. The molecule has 0 radical (unpaired) electrons. The van der Waals surface area contributed by atoms with E-state index in [-0.39, 0.29) is 29.6 Å². The minimum absolute atomic E-state index is 0.00331. The summed E-state index contributed by atoms with van der Waals surface area (Å²) in [6, 6.07) is -1.46. The van der Waals surface area contributed by atoms with Crippen molar-refractivity contribution in [1.29, 1.82) is 0 Å². The lowest BCUT2D eigenvalue weighted by Gasteiger charge is -2.25. The molecule has 0 fully saturated rings. The zero-order valence-corrected chi connectivity index (χ0v) is 18.9. The second-order valence-electron chi connectivity index (χ2n) is 6.33. The van der Waals surface area contributed by atoms with Gasteiger partial charge in [0.15, 0.2) is 5.78 Å². The smallest absolute Gasteiger partial charge is 0.312 e. The molecule has 0 bridgehead atoms. The summed E-state index contributed by atoms with van der Waals surface area (Å²) in [5.74, 6) is -0.206. The van der Waals surface area contributed by atoms with Gasteiger partial charge in [-0.25, -0.2) is 4.79 Å². The van der Waals surface area contributed by atoms with Crippen LogP contribution in [-0.4, -0.2) is 42.9 Å². The van der Waals surface area contributed by atoms with Crippen LogP contribution in [0.25, 0.3) is 0 Å². The highest BCUT2D eigenvalue weighted by Gasteiger charge is 2.27. The number of carbonyl (C=O) groups excluding carboxylic acids is 3. The normalized spacial score (nSPS) is 12.1. The van der Waals surface area contributed by atoms with Crippen molar-refractivity contribution in [2.75, 3.05) is 13.1 Å². The van der Waals surface area contributed by atoms with Crippen molar-refractivity contribution in [1.82, 2.24) is 16.0 Å².